The molecule has 1 atom stereocenters. The van der Waals surface area contributed by atoms with Crippen molar-refractivity contribution in [2.45, 2.75) is 6.42 Å². The van der Waals surface area contributed by atoms with Gasteiger partial charge in [-0.15, -0.1) is 11.3 Å². The Hall–Kier alpha value is -2.26. The summed E-state index contributed by atoms with van der Waals surface area (Å²) in [5, 5.41) is 0. The molecule has 1 aromatic carbocycles. The second kappa shape index (κ2) is 6.93. The van der Waals surface area contributed by atoms with Crippen LogP contribution in [0, 0.1) is 11.7 Å². The first-order valence-corrected chi connectivity index (χ1v) is 10.1. The molecular weight excluding hydrogens is 367 g/mol. The number of thiophene rings is 1. The van der Waals surface area contributed by atoms with Gasteiger partial charge in [-0.2, -0.15) is 0 Å². The molecule has 0 saturated carbocycles. The molecule has 0 aliphatic carbocycles. The fourth-order valence-electron chi connectivity index (χ4n) is 2.51. The summed E-state index contributed by atoms with van der Waals surface area (Å²) in [6.07, 6.45) is 0.262. The summed E-state index contributed by atoms with van der Waals surface area (Å²) in [7, 11) is -3.16. The van der Waals surface area contributed by atoms with Crippen LogP contribution in [0.4, 0.5) is 4.39 Å². The molecule has 2 heterocycles. The first kappa shape index (κ1) is 17.6. The van der Waals surface area contributed by atoms with E-state index in [4.69, 9.17) is 0 Å². The molecule has 0 spiro atoms. The van der Waals surface area contributed by atoms with Gasteiger partial charge in [0, 0.05) is 4.88 Å². The van der Waals surface area contributed by atoms with Crippen molar-refractivity contribution in [3.8, 4) is 10.4 Å². The van der Waals surface area contributed by atoms with Crippen LogP contribution in [-0.2, 0) is 14.6 Å². The molecule has 1 aliphatic rings. The van der Waals surface area contributed by atoms with Gasteiger partial charge in [0.05, 0.1) is 22.3 Å². The van der Waals surface area contributed by atoms with Crippen LogP contribution in [-0.4, -0.2) is 31.7 Å². The van der Waals surface area contributed by atoms with E-state index < -0.39 is 27.6 Å². The number of rotatable bonds is 3. The van der Waals surface area contributed by atoms with Gasteiger partial charge in [0.25, 0.3) is 5.91 Å². The van der Waals surface area contributed by atoms with E-state index in [0.29, 0.717) is 4.88 Å². The Morgan fingerprint density at radius 1 is 1.08 bits per heavy atom. The van der Waals surface area contributed by atoms with E-state index in [2.05, 4.69) is 10.9 Å². The lowest BCUT2D eigenvalue weighted by molar-refractivity contribution is -0.125. The van der Waals surface area contributed by atoms with Crippen molar-refractivity contribution in [1.29, 1.82) is 0 Å². The molecule has 2 aromatic rings. The van der Waals surface area contributed by atoms with Crippen LogP contribution >= 0.6 is 11.3 Å². The van der Waals surface area contributed by atoms with E-state index in [-0.39, 0.29) is 23.7 Å². The lowest BCUT2D eigenvalue weighted by Gasteiger charge is -2.09. The molecule has 2 N–H and O–H groups in total. The third kappa shape index (κ3) is 4.23. The Balaban J connectivity index is 1.59. The van der Waals surface area contributed by atoms with Crippen LogP contribution in [0.1, 0.15) is 16.1 Å². The maximum absolute atomic E-state index is 12.9. The zero-order valence-corrected chi connectivity index (χ0v) is 14.6. The molecule has 0 radical (unpaired) electrons. The fourth-order valence-corrected chi connectivity index (χ4v) is 5.16. The van der Waals surface area contributed by atoms with E-state index in [9.17, 15) is 22.4 Å². The summed E-state index contributed by atoms with van der Waals surface area (Å²) in [4.78, 5) is 25.2. The standard InChI is InChI=1S/C16H15FN2O4S2/c17-12-3-1-10(2-4-12)13-5-6-14(24-13)16(21)19-18-15(20)11-7-8-25(22,23)9-11/h1-6,11H,7-9H2,(H,18,20)(H,19,21)/t11-/m0/s1. The number of amides is 2. The van der Waals surface area contributed by atoms with Gasteiger partial charge in [0.1, 0.15) is 5.82 Å². The predicted octanol–water partition coefficient (Wildman–Crippen LogP) is 1.75. The highest BCUT2D eigenvalue weighted by Crippen LogP contribution is 2.28. The maximum atomic E-state index is 12.9. The minimum atomic E-state index is -3.16. The lowest BCUT2D eigenvalue weighted by Crippen LogP contribution is -2.44. The SMILES string of the molecule is O=C(NNC(=O)[C@H]1CCS(=O)(=O)C1)c1ccc(-c2ccc(F)cc2)s1. The number of carbonyl (C=O) groups is 2. The highest BCUT2D eigenvalue weighted by atomic mass is 32.2. The van der Waals surface area contributed by atoms with Crippen LogP contribution in [0.5, 0.6) is 0 Å². The molecule has 0 unspecified atom stereocenters. The molecule has 1 aliphatic heterocycles. The number of halogens is 1. The number of nitrogens with one attached hydrogen (secondary N) is 2. The number of benzene rings is 1. The van der Waals surface area contributed by atoms with Crippen molar-refractivity contribution in [2.75, 3.05) is 11.5 Å². The van der Waals surface area contributed by atoms with Crippen molar-refractivity contribution in [1.82, 2.24) is 10.9 Å². The Bertz CT molecular complexity index is 906. The molecule has 1 fully saturated rings. The Morgan fingerprint density at radius 3 is 2.44 bits per heavy atom. The van der Waals surface area contributed by atoms with E-state index in [1.165, 1.54) is 23.5 Å². The summed E-state index contributed by atoms with van der Waals surface area (Å²) < 4.78 is 35.7. The van der Waals surface area contributed by atoms with Crippen molar-refractivity contribution in [3.63, 3.8) is 0 Å². The number of carbonyl (C=O) groups excluding carboxylic acids is 2. The number of hydrogen-bond acceptors (Lipinski definition) is 5. The molecular formula is C16H15FN2O4S2. The topological polar surface area (TPSA) is 92.3 Å². The van der Waals surface area contributed by atoms with Crippen LogP contribution in [0.3, 0.4) is 0 Å². The van der Waals surface area contributed by atoms with Gasteiger partial charge in [-0.05, 0) is 36.2 Å². The van der Waals surface area contributed by atoms with E-state index in [0.717, 1.165) is 10.4 Å². The molecule has 9 heteroatoms. The lowest BCUT2D eigenvalue weighted by atomic mass is 10.1. The second-order valence-corrected chi connectivity index (χ2v) is 9.03. The largest absolute Gasteiger partial charge is 0.279 e. The first-order chi connectivity index (χ1) is 11.8. The summed E-state index contributed by atoms with van der Waals surface area (Å²) in [5.41, 5.74) is 5.35. The van der Waals surface area contributed by atoms with E-state index in [1.807, 2.05) is 0 Å². The van der Waals surface area contributed by atoms with Crippen LogP contribution < -0.4 is 10.9 Å². The van der Waals surface area contributed by atoms with Gasteiger partial charge in [0.2, 0.25) is 5.91 Å². The van der Waals surface area contributed by atoms with Crippen molar-refractivity contribution >= 4 is 33.0 Å². The number of hydrogen-bond donors (Lipinski definition) is 2. The second-order valence-electron chi connectivity index (χ2n) is 5.71. The van der Waals surface area contributed by atoms with Gasteiger partial charge in [-0.25, -0.2) is 12.8 Å². The van der Waals surface area contributed by atoms with E-state index >= 15 is 0 Å². The van der Waals surface area contributed by atoms with Gasteiger partial charge < -0.3 is 0 Å². The Morgan fingerprint density at radius 2 is 1.80 bits per heavy atom. The molecule has 25 heavy (non-hydrogen) atoms. The fraction of sp³-hybridized carbons (Fsp3) is 0.250. The average Bonchev–Trinajstić information content (AvgIpc) is 3.20. The third-order valence-corrected chi connectivity index (χ3v) is 6.76. The van der Waals surface area contributed by atoms with Crippen molar-refractivity contribution < 1.29 is 22.4 Å². The zero-order valence-electron chi connectivity index (χ0n) is 13.0. The normalized spacial score (nSPS) is 18.7. The molecule has 2 amide bonds. The average molecular weight is 382 g/mol. The van der Waals surface area contributed by atoms with Crippen LogP contribution in [0.25, 0.3) is 10.4 Å². The molecule has 132 valence electrons. The first-order valence-electron chi connectivity index (χ1n) is 7.50. The number of sulfone groups is 1. The summed E-state index contributed by atoms with van der Waals surface area (Å²) in [6.45, 7) is 0. The molecule has 6 nitrogen and oxygen atoms in total. The smallest absolute Gasteiger partial charge is 0.273 e. The van der Waals surface area contributed by atoms with Gasteiger partial charge in [-0.1, -0.05) is 12.1 Å². The van der Waals surface area contributed by atoms with Gasteiger partial charge >= 0.3 is 0 Å². The molecule has 0 bridgehead atoms. The highest BCUT2D eigenvalue weighted by molar-refractivity contribution is 7.91. The molecule has 1 aromatic heterocycles. The highest BCUT2D eigenvalue weighted by Gasteiger charge is 2.33. The Labute approximate surface area is 147 Å². The van der Waals surface area contributed by atoms with E-state index in [1.54, 1.807) is 24.3 Å². The summed E-state index contributed by atoms with van der Waals surface area (Å²) in [5.74, 6) is -2.18. The monoisotopic (exact) mass is 382 g/mol. The predicted molar refractivity (Wildman–Crippen MR) is 92.1 cm³/mol. The quantitative estimate of drug-likeness (QED) is 0.791. The van der Waals surface area contributed by atoms with Gasteiger partial charge in [0.15, 0.2) is 9.84 Å². The van der Waals surface area contributed by atoms with Crippen molar-refractivity contribution in [2.24, 2.45) is 5.92 Å². The maximum Gasteiger partial charge on any atom is 0.279 e. The Kier molecular flexibility index (Phi) is 4.87. The van der Waals surface area contributed by atoms with Crippen LogP contribution in [0.15, 0.2) is 36.4 Å². The molecule has 3 rings (SSSR count). The minimum absolute atomic E-state index is 0.00894. The summed E-state index contributed by atoms with van der Waals surface area (Å²) in [6, 6.07) is 9.24. The van der Waals surface area contributed by atoms with Crippen LogP contribution in [0.2, 0.25) is 0 Å². The zero-order chi connectivity index (χ0) is 18.0. The number of hydrazine groups is 1. The third-order valence-electron chi connectivity index (χ3n) is 3.86. The summed E-state index contributed by atoms with van der Waals surface area (Å²) >= 11 is 1.20. The minimum Gasteiger partial charge on any atom is -0.273 e. The van der Waals surface area contributed by atoms with Gasteiger partial charge in [-0.3, -0.25) is 20.4 Å². The van der Waals surface area contributed by atoms with Crippen molar-refractivity contribution in [3.05, 3.63) is 47.1 Å². The molecule has 1 saturated heterocycles.